The van der Waals surface area contributed by atoms with Crippen LogP contribution in [0.4, 0.5) is 0 Å². The van der Waals surface area contributed by atoms with Gasteiger partial charge in [0.1, 0.15) is 6.61 Å². The SMILES string of the molecule is CCCCOCC(=O)NC1CCNC(C)C1. The third-order valence-corrected chi connectivity index (χ3v) is 2.86. The van der Waals surface area contributed by atoms with Gasteiger partial charge in [-0.15, -0.1) is 0 Å². The highest BCUT2D eigenvalue weighted by Gasteiger charge is 2.19. The highest BCUT2D eigenvalue weighted by molar-refractivity contribution is 5.77. The van der Waals surface area contributed by atoms with Crippen molar-refractivity contribution in [1.29, 1.82) is 0 Å². The predicted molar refractivity (Wildman–Crippen MR) is 64.4 cm³/mol. The fraction of sp³-hybridized carbons (Fsp3) is 0.917. The number of carbonyl (C=O) groups is 1. The van der Waals surface area contributed by atoms with Crippen LogP contribution in [-0.4, -0.2) is 37.7 Å². The van der Waals surface area contributed by atoms with Crippen molar-refractivity contribution in [3.05, 3.63) is 0 Å². The molecule has 0 spiro atoms. The van der Waals surface area contributed by atoms with E-state index >= 15 is 0 Å². The lowest BCUT2D eigenvalue weighted by Crippen LogP contribution is -2.47. The van der Waals surface area contributed by atoms with Crippen LogP contribution in [0, 0.1) is 0 Å². The van der Waals surface area contributed by atoms with E-state index in [4.69, 9.17) is 4.74 Å². The number of piperidine rings is 1. The van der Waals surface area contributed by atoms with E-state index in [0.29, 0.717) is 18.7 Å². The molecule has 1 fully saturated rings. The molecule has 4 nitrogen and oxygen atoms in total. The summed E-state index contributed by atoms with van der Waals surface area (Å²) in [6, 6.07) is 0.818. The van der Waals surface area contributed by atoms with Gasteiger partial charge >= 0.3 is 0 Å². The number of rotatable bonds is 6. The van der Waals surface area contributed by atoms with E-state index in [1.54, 1.807) is 0 Å². The molecule has 0 radical (unpaired) electrons. The van der Waals surface area contributed by atoms with Crippen molar-refractivity contribution in [3.63, 3.8) is 0 Å². The minimum absolute atomic E-state index is 0.0233. The molecule has 2 unspecified atom stereocenters. The van der Waals surface area contributed by atoms with E-state index < -0.39 is 0 Å². The van der Waals surface area contributed by atoms with E-state index in [1.807, 2.05) is 0 Å². The third kappa shape index (κ3) is 5.47. The van der Waals surface area contributed by atoms with Gasteiger partial charge in [0, 0.05) is 18.7 Å². The maximum atomic E-state index is 11.5. The molecule has 0 saturated carbocycles. The zero-order chi connectivity index (χ0) is 11.8. The third-order valence-electron chi connectivity index (χ3n) is 2.86. The number of carbonyl (C=O) groups excluding carboxylic acids is 1. The summed E-state index contributed by atoms with van der Waals surface area (Å²) in [7, 11) is 0. The minimum atomic E-state index is 0.0233. The number of unbranched alkanes of at least 4 members (excludes halogenated alkanes) is 1. The average molecular weight is 228 g/mol. The Morgan fingerprint density at radius 2 is 2.38 bits per heavy atom. The molecule has 1 aliphatic rings. The van der Waals surface area contributed by atoms with Crippen LogP contribution in [0.1, 0.15) is 39.5 Å². The van der Waals surface area contributed by atoms with Crippen LogP contribution < -0.4 is 10.6 Å². The number of ether oxygens (including phenoxy) is 1. The van der Waals surface area contributed by atoms with Gasteiger partial charge in [0.15, 0.2) is 0 Å². The molecule has 0 aromatic heterocycles. The molecule has 2 N–H and O–H groups in total. The van der Waals surface area contributed by atoms with Gasteiger partial charge in [-0.1, -0.05) is 13.3 Å². The molecule has 2 atom stereocenters. The van der Waals surface area contributed by atoms with Crippen LogP contribution in [0.3, 0.4) is 0 Å². The minimum Gasteiger partial charge on any atom is -0.372 e. The zero-order valence-corrected chi connectivity index (χ0v) is 10.4. The monoisotopic (exact) mass is 228 g/mol. The fourth-order valence-electron chi connectivity index (χ4n) is 1.94. The van der Waals surface area contributed by atoms with E-state index in [0.717, 1.165) is 32.2 Å². The number of hydrogen-bond donors (Lipinski definition) is 2. The van der Waals surface area contributed by atoms with Crippen molar-refractivity contribution in [1.82, 2.24) is 10.6 Å². The first kappa shape index (κ1) is 13.5. The van der Waals surface area contributed by atoms with Crippen LogP contribution in [-0.2, 0) is 9.53 Å². The first-order valence-corrected chi connectivity index (χ1v) is 6.33. The summed E-state index contributed by atoms with van der Waals surface area (Å²) in [5.74, 6) is 0.0233. The van der Waals surface area contributed by atoms with Gasteiger partial charge < -0.3 is 15.4 Å². The number of amides is 1. The molecule has 1 amide bonds. The predicted octanol–water partition coefficient (Wildman–Crippen LogP) is 1.06. The molecular formula is C12H24N2O2. The number of nitrogens with one attached hydrogen (secondary N) is 2. The molecule has 4 heteroatoms. The summed E-state index contributed by atoms with van der Waals surface area (Å²) in [6.07, 6.45) is 4.16. The van der Waals surface area contributed by atoms with Gasteiger partial charge in [0.2, 0.25) is 5.91 Å². The lowest BCUT2D eigenvalue weighted by atomic mass is 10.0. The van der Waals surface area contributed by atoms with Crippen LogP contribution in [0.25, 0.3) is 0 Å². The first-order chi connectivity index (χ1) is 7.72. The Morgan fingerprint density at radius 3 is 3.06 bits per heavy atom. The molecule has 1 aliphatic heterocycles. The quantitative estimate of drug-likeness (QED) is 0.668. The summed E-state index contributed by atoms with van der Waals surface area (Å²) in [4.78, 5) is 11.5. The van der Waals surface area contributed by atoms with E-state index in [9.17, 15) is 4.79 Å². The van der Waals surface area contributed by atoms with Gasteiger partial charge in [0.25, 0.3) is 0 Å². The van der Waals surface area contributed by atoms with Crippen molar-refractivity contribution < 1.29 is 9.53 Å². The zero-order valence-electron chi connectivity index (χ0n) is 10.4. The molecule has 0 aromatic carbocycles. The molecule has 94 valence electrons. The summed E-state index contributed by atoms with van der Waals surface area (Å²) in [5.41, 5.74) is 0. The molecule has 0 aromatic rings. The lowest BCUT2D eigenvalue weighted by molar-refractivity contribution is -0.126. The Morgan fingerprint density at radius 1 is 1.56 bits per heavy atom. The van der Waals surface area contributed by atoms with E-state index in [2.05, 4.69) is 24.5 Å². The van der Waals surface area contributed by atoms with Gasteiger partial charge in [-0.3, -0.25) is 4.79 Å². The van der Waals surface area contributed by atoms with E-state index in [1.165, 1.54) is 0 Å². The summed E-state index contributed by atoms with van der Waals surface area (Å²) >= 11 is 0. The maximum Gasteiger partial charge on any atom is 0.246 e. The van der Waals surface area contributed by atoms with Crippen molar-refractivity contribution in [2.24, 2.45) is 0 Å². The first-order valence-electron chi connectivity index (χ1n) is 6.33. The van der Waals surface area contributed by atoms with Gasteiger partial charge in [-0.2, -0.15) is 0 Å². The fourth-order valence-corrected chi connectivity index (χ4v) is 1.94. The summed E-state index contributed by atoms with van der Waals surface area (Å²) < 4.78 is 5.28. The maximum absolute atomic E-state index is 11.5. The Balaban J connectivity index is 2.08. The Bertz CT molecular complexity index is 209. The topological polar surface area (TPSA) is 50.4 Å². The Hall–Kier alpha value is -0.610. The highest BCUT2D eigenvalue weighted by Crippen LogP contribution is 2.07. The second-order valence-corrected chi connectivity index (χ2v) is 4.55. The van der Waals surface area contributed by atoms with Gasteiger partial charge in [-0.05, 0) is 32.7 Å². The molecule has 1 rings (SSSR count). The Kier molecular flexibility index (Phi) is 6.42. The van der Waals surface area contributed by atoms with Crippen LogP contribution in [0.2, 0.25) is 0 Å². The van der Waals surface area contributed by atoms with Crippen molar-refractivity contribution in [2.45, 2.75) is 51.6 Å². The van der Waals surface area contributed by atoms with Crippen molar-refractivity contribution in [2.75, 3.05) is 19.8 Å². The average Bonchev–Trinajstić information content (AvgIpc) is 2.24. The molecule has 0 aliphatic carbocycles. The normalized spacial score (nSPS) is 25.4. The lowest BCUT2D eigenvalue weighted by Gasteiger charge is -2.28. The Labute approximate surface area is 98.1 Å². The van der Waals surface area contributed by atoms with Gasteiger partial charge in [0.05, 0.1) is 0 Å². The standard InChI is InChI=1S/C12H24N2O2/c1-3-4-7-16-9-12(15)14-11-5-6-13-10(2)8-11/h10-11,13H,3-9H2,1-2H3,(H,14,15). The summed E-state index contributed by atoms with van der Waals surface area (Å²) in [6.45, 7) is 6.14. The van der Waals surface area contributed by atoms with E-state index in [-0.39, 0.29) is 12.5 Å². The van der Waals surface area contributed by atoms with Crippen molar-refractivity contribution in [3.8, 4) is 0 Å². The van der Waals surface area contributed by atoms with Crippen molar-refractivity contribution >= 4 is 5.91 Å². The molecule has 1 saturated heterocycles. The molecule has 0 bridgehead atoms. The summed E-state index contributed by atoms with van der Waals surface area (Å²) in [5, 5.41) is 6.38. The highest BCUT2D eigenvalue weighted by atomic mass is 16.5. The van der Waals surface area contributed by atoms with Crippen LogP contribution in [0.5, 0.6) is 0 Å². The second kappa shape index (κ2) is 7.63. The van der Waals surface area contributed by atoms with Gasteiger partial charge in [-0.25, -0.2) is 0 Å². The number of hydrogen-bond acceptors (Lipinski definition) is 3. The molecule has 16 heavy (non-hydrogen) atoms. The molecule has 1 heterocycles. The largest absolute Gasteiger partial charge is 0.372 e. The van der Waals surface area contributed by atoms with Crippen LogP contribution in [0.15, 0.2) is 0 Å². The second-order valence-electron chi connectivity index (χ2n) is 4.55. The molecular weight excluding hydrogens is 204 g/mol. The van der Waals surface area contributed by atoms with Crippen LogP contribution >= 0.6 is 0 Å². The smallest absolute Gasteiger partial charge is 0.246 e.